The fourth-order valence-corrected chi connectivity index (χ4v) is 5.47. The van der Waals surface area contributed by atoms with Crippen molar-refractivity contribution in [1.82, 2.24) is 14.9 Å². The molecule has 0 aliphatic carbocycles. The van der Waals surface area contributed by atoms with Crippen molar-refractivity contribution in [3.05, 3.63) is 66.6 Å². The third kappa shape index (κ3) is 5.50. The number of anilines is 1. The molecule has 3 atom stereocenters. The average Bonchev–Trinajstić information content (AvgIpc) is 3.68. The molecule has 10 heteroatoms. The predicted molar refractivity (Wildman–Crippen MR) is 138 cm³/mol. The second-order valence-electron chi connectivity index (χ2n) is 9.65. The SMILES string of the molecule is CCCCN(C(=O)CN1C[C@H](c2ccc3c(c2)OCO3)C(C(=O)O)[C@@H]1CCc1ncco1)c1cccnc1. The number of carboxylic acid groups (broad SMARTS) is 1. The number of aryl methyl sites for hydroxylation is 1. The van der Waals surface area contributed by atoms with Crippen LogP contribution in [0, 0.1) is 5.92 Å². The number of rotatable bonds is 11. The Morgan fingerprint density at radius 1 is 1.18 bits per heavy atom. The van der Waals surface area contributed by atoms with Crippen LogP contribution in [-0.2, 0) is 16.0 Å². The Balaban J connectivity index is 1.43. The molecule has 1 N–H and O–H groups in total. The molecule has 0 bridgehead atoms. The van der Waals surface area contributed by atoms with Gasteiger partial charge in [-0.15, -0.1) is 0 Å². The monoisotopic (exact) mass is 520 g/mol. The molecule has 0 radical (unpaired) electrons. The van der Waals surface area contributed by atoms with Gasteiger partial charge in [-0.05, 0) is 42.7 Å². The summed E-state index contributed by atoms with van der Waals surface area (Å²) in [6.07, 6.45) is 9.22. The summed E-state index contributed by atoms with van der Waals surface area (Å²) in [5.74, 6) is -0.216. The number of ether oxygens (including phenoxy) is 2. The molecule has 5 rings (SSSR count). The average molecular weight is 521 g/mol. The lowest BCUT2D eigenvalue weighted by Gasteiger charge is -2.29. The van der Waals surface area contributed by atoms with E-state index in [-0.39, 0.29) is 31.2 Å². The lowest BCUT2D eigenvalue weighted by molar-refractivity contribution is -0.143. The molecule has 3 aromatic rings. The number of likely N-dealkylation sites (tertiary alicyclic amines) is 1. The van der Waals surface area contributed by atoms with E-state index in [1.807, 2.05) is 35.2 Å². The topological polar surface area (TPSA) is 118 Å². The fraction of sp³-hybridized carbons (Fsp3) is 0.429. The van der Waals surface area contributed by atoms with Crippen LogP contribution in [0.1, 0.15) is 43.6 Å². The van der Waals surface area contributed by atoms with Gasteiger partial charge >= 0.3 is 5.97 Å². The summed E-state index contributed by atoms with van der Waals surface area (Å²) in [6.45, 7) is 3.32. The van der Waals surface area contributed by atoms with Gasteiger partial charge in [0.15, 0.2) is 17.4 Å². The van der Waals surface area contributed by atoms with Gasteiger partial charge in [0.25, 0.3) is 0 Å². The Hall–Kier alpha value is -3.92. The number of carbonyl (C=O) groups excluding carboxylic acids is 1. The van der Waals surface area contributed by atoms with Crippen LogP contribution in [-0.4, -0.2) is 64.3 Å². The van der Waals surface area contributed by atoms with Crippen LogP contribution in [0.15, 0.2) is 59.6 Å². The fourth-order valence-electron chi connectivity index (χ4n) is 5.47. The molecule has 2 aliphatic rings. The number of aliphatic carboxylic acids is 1. The Kier molecular flexibility index (Phi) is 7.88. The highest BCUT2D eigenvalue weighted by Gasteiger charge is 2.47. The van der Waals surface area contributed by atoms with Crippen molar-refractivity contribution >= 4 is 17.6 Å². The number of unbranched alkanes of at least 4 members (excludes halogenated alkanes) is 1. The number of carbonyl (C=O) groups is 2. The van der Waals surface area contributed by atoms with Crippen molar-refractivity contribution in [3.63, 3.8) is 0 Å². The van der Waals surface area contributed by atoms with Gasteiger partial charge in [0.2, 0.25) is 12.7 Å². The molecule has 4 heterocycles. The number of aromatic nitrogens is 2. The number of fused-ring (bicyclic) bond motifs is 1. The molecule has 0 spiro atoms. The van der Waals surface area contributed by atoms with E-state index in [1.165, 1.54) is 6.26 Å². The van der Waals surface area contributed by atoms with Crippen molar-refractivity contribution in [2.24, 2.45) is 5.92 Å². The van der Waals surface area contributed by atoms with Crippen molar-refractivity contribution in [3.8, 4) is 11.5 Å². The van der Waals surface area contributed by atoms with E-state index in [2.05, 4.69) is 16.9 Å². The Labute approximate surface area is 221 Å². The largest absolute Gasteiger partial charge is 0.481 e. The first-order chi connectivity index (χ1) is 18.5. The van der Waals surface area contributed by atoms with Gasteiger partial charge in [0, 0.05) is 37.7 Å². The van der Waals surface area contributed by atoms with E-state index in [4.69, 9.17) is 13.9 Å². The summed E-state index contributed by atoms with van der Waals surface area (Å²) in [5.41, 5.74) is 1.59. The van der Waals surface area contributed by atoms with Crippen molar-refractivity contribution in [2.45, 2.75) is 44.6 Å². The molecular weight excluding hydrogens is 488 g/mol. The molecular formula is C28H32N4O6. The van der Waals surface area contributed by atoms with Gasteiger partial charge in [-0.3, -0.25) is 19.5 Å². The zero-order valence-electron chi connectivity index (χ0n) is 21.4. The lowest BCUT2D eigenvalue weighted by atomic mass is 9.83. The van der Waals surface area contributed by atoms with Crippen LogP contribution < -0.4 is 14.4 Å². The predicted octanol–water partition coefficient (Wildman–Crippen LogP) is 3.73. The second-order valence-corrected chi connectivity index (χ2v) is 9.65. The van der Waals surface area contributed by atoms with Gasteiger partial charge in [-0.1, -0.05) is 19.4 Å². The highest BCUT2D eigenvalue weighted by molar-refractivity contribution is 5.94. The van der Waals surface area contributed by atoms with E-state index in [0.717, 1.165) is 24.1 Å². The minimum absolute atomic E-state index is 0.0805. The number of benzene rings is 1. The maximum absolute atomic E-state index is 13.7. The maximum Gasteiger partial charge on any atom is 0.308 e. The molecule has 0 saturated carbocycles. The molecule has 2 aliphatic heterocycles. The minimum Gasteiger partial charge on any atom is -0.481 e. The van der Waals surface area contributed by atoms with Crippen LogP contribution in [0.25, 0.3) is 0 Å². The number of oxazole rings is 1. The third-order valence-corrected chi connectivity index (χ3v) is 7.33. The van der Waals surface area contributed by atoms with E-state index in [0.29, 0.717) is 43.3 Å². The molecule has 10 nitrogen and oxygen atoms in total. The highest BCUT2D eigenvalue weighted by Crippen LogP contribution is 2.43. The molecule has 2 aromatic heterocycles. The number of carboxylic acids is 1. The normalized spacial score (nSPS) is 20.5. The summed E-state index contributed by atoms with van der Waals surface area (Å²) in [4.78, 5) is 38.6. The Morgan fingerprint density at radius 2 is 2.05 bits per heavy atom. The van der Waals surface area contributed by atoms with E-state index in [9.17, 15) is 14.7 Å². The van der Waals surface area contributed by atoms with Crippen LogP contribution >= 0.6 is 0 Å². The van der Waals surface area contributed by atoms with E-state index >= 15 is 0 Å². The first kappa shape index (κ1) is 25.7. The van der Waals surface area contributed by atoms with Crippen LogP contribution in [0.3, 0.4) is 0 Å². The first-order valence-electron chi connectivity index (χ1n) is 13.0. The standard InChI is InChI=1S/C28H32N4O6/c1-2-3-12-32(20-5-4-10-29-15-20)26(33)17-31-16-21(19-6-8-23-24(14-19)38-18-37-23)27(28(34)35)22(31)7-9-25-30-11-13-36-25/h4-6,8,10-11,13-15,21-22,27H,2-3,7,9,12,16-18H2,1H3,(H,34,35)/t21-,22+,27?/m1/s1. The third-order valence-electron chi connectivity index (χ3n) is 7.33. The number of pyridine rings is 1. The van der Waals surface area contributed by atoms with Gasteiger partial charge in [-0.25, -0.2) is 4.98 Å². The smallest absolute Gasteiger partial charge is 0.308 e. The molecule has 1 saturated heterocycles. The first-order valence-corrected chi connectivity index (χ1v) is 13.0. The highest BCUT2D eigenvalue weighted by atomic mass is 16.7. The maximum atomic E-state index is 13.7. The zero-order valence-corrected chi connectivity index (χ0v) is 21.4. The number of amides is 1. The summed E-state index contributed by atoms with van der Waals surface area (Å²) in [7, 11) is 0. The summed E-state index contributed by atoms with van der Waals surface area (Å²) < 4.78 is 16.4. The molecule has 1 fully saturated rings. The van der Waals surface area contributed by atoms with E-state index in [1.54, 1.807) is 23.5 Å². The van der Waals surface area contributed by atoms with Gasteiger partial charge in [-0.2, -0.15) is 0 Å². The van der Waals surface area contributed by atoms with Gasteiger partial charge in [0.05, 0.1) is 30.5 Å². The summed E-state index contributed by atoms with van der Waals surface area (Å²) >= 11 is 0. The van der Waals surface area contributed by atoms with Crippen LogP contribution in [0.2, 0.25) is 0 Å². The second kappa shape index (κ2) is 11.6. The summed E-state index contributed by atoms with van der Waals surface area (Å²) in [5, 5.41) is 10.4. The van der Waals surface area contributed by atoms with Gasteiger partial charge < -0.3 is 23.9 Å². The zero-order chi connectivity index (χ0) is 26.5. The molecule has 200 valence electrons. The Bertz CT molecular complexity index is 1240. The molecule has 38 heavy (non-hydrogen) atoms. The molecule has 1 unspecified atom stereocenters. The van der Waals surface area contributed by atoms with E-state index < -0.39 is 11.9 Å². The number of nitrogens with zero attached hydrogens (tertiary/aromatic N) is 4. The number of hydrogen-bond acceptors (Lipinski definition) is 8. The lowest BCUT2D eigenvalue weighted by Crippen LogP contribution is -2.44. The van der Waals surface area contributed by atoms with Crippen molar-refractivity contribution in [2.75, 3.05) is 31.3 Å². The van der Waals surface area contributed by atoms with Crippen LogP contribution in [0.5, 0.6) is 11.5 Å². The van der Waals surface area contributed by atoms with Crippen LogP contribution in [0.4, 0.5) is 5.69 Å². The quantitative estimate of drug-likeness (QED) is 0.403. The minimum atomic E-state index is -0.893. The van der Waals surface area contributed by atoms with Crippen molar-refractivity contribution in [1.29, 1.82) is 0 Å². The van der Waals surface area contributed by atoms with Gasteiger partial charge in [0.1, 0.15) is 6.26 Å². The number of hydrogen-bond donors (Lipinski definition) is 1. The van der Waals surface area contributed by atoms with Crippen molar-refractivity contribution < 1.29 is 28.6 Å². The molecule has 1 aromatic carbocycles. The molecule has 1 amide bonds. The Morgan fingerprint density at radius 3 is 2.79 bits per heavy atom. The summed E-state index contributed by atoms with van der Waals surface area (Å²) in [6, 6.07) is 8.88.